The number of nitrogens with two attached hydrogens (primary N) is 2. The highest BCUT2D eigenvalue weighted by Crippen LogP contribution is 2.32. The molecule has 0 aromatic rings. The van der Waals surface area contributed by atoms with Gasteiger partial charge >= 0.3 is 0 Å². The van der Waals surface area contributed by atoms with Gasteiger partial charge in [0.15, 0.2) is 0 Å². The lowest BCUT2D eigenvalue weighted by atomic mass is 9.74. The summed E-state index contributed by atoms with van der Waals surface area (Å²) < 4.78 is 0. The number of hydrogen-bond acceptors (Lipinski definition) is 2. The van der Waals surface area contributed by atoms with Crippen molar-refractivity contribution in [1.82, 2.24) is 0 Å². The Morgan fingerprint density at radius 3 is 1.18 bits per heavy atom. The highest BCUT2D eigenvalue weighted by molar-refractivity contribution is 4.83. The predicted octanol–water partition coefficient (Wildman–Crippen LogP) is 4.81. The molecule has 2 rings (SSSR count). The first-order valence-corrected chi connectivity index (χ1v) is 9.73. The Morgan fingerprint density at radius 1 is 0.636 bits per heavy atom. The van der Waals surface area contributed by atoms with Crippen molar-refractivity contribution in [3.8, 4) is 0 Å². The van der Waals surface area contributed by atoms with Crippen molar-refractivity contribution in [2.75, 3.05) is 0 Å². The van der Waals surface area contributed by atoms with E-state index in [9.17, 15) is 0 Å². The van der Waals surface area contributed by atoms with Gasteiger partial charge in [0.1, 0.15) is 0 Å². The van der Waals surface area contributed by atoms with Crippen LogP contribution in [0.1, 0.15) is 80.1 Å². The zero-order valence-corrected chi connectivity index (χ0v) is 16.0. The molecule has 0 heterocycles. The standard InChI is InChI=1S/2C10H21N/c2*1-7(2)9-5-4-8(3)6-10(9)11/h2*7-10H,4-6,11H2,1-3H3/t2*8-,9+,10+/m10/s1. The molecule has 0 bridgehead atoms. The van der Waals surface area contributed by atoms with Crippen LogP contribution in [0.15, 0.2) is 0 Å². The molecule has 2 heteroatoms. The molecule has 2 aliphatic rings. The summed E-state index contributed by atoms with van der Waals surface area (Å²) in [5.74, 6) is 4.84. The highest BCUT2D eigenvalue weighted by atomic mass is 14.7. The van der Waals surface area contributed by atoms with Gasteiger partial charge < -0.3 is 11.5 Å². The molecular weight excluding hydrogens is 268 g/mol. The maximum absolute atomic E-state index is 6.07. The van der Waals surface area contributed by atoms with Gasteiger partial charge in [-0.1, -0.05) is 54.4 Å². The second-order valence-corrected chi connectivity index (χ2v) is 8.98. The molecule has 4 N–H and O–H groups in total. The van der Waals surface area contributed by atoms with E-state index in [1.165, 1.54) is 38.5 Å². The maximum Gasteiger partial charge on any atom is 0.00721 e. The molecular formula is C20H42N2. The molecule has 0 aromatic heterocycles. The van der Waals surface area contributed by atoms with Gasteiger partial charge in [-0.3, -0.25) is 0 Å². The van der Waals surface area contributed by atoms with Crippen LogP contribution >= 0.6 is 0 Å². The summed E-state index contributed by atoms with van der Waals surface area (Å²) in [5, 5.41) is 0. The van der Waals surface area contributed by atoms with E-state index in [-0.39, 0.29) is 0 Å². The fourth-order valence-electron chi connectivity index (χ4n) is 4.55. The minimum Gasteiger partial charge on any atom is -0.327 e. The SMILES string of the molecule is CC(C)[C@@H]1CC[C@@H](C)C[C@@H]1N.CC(C)[C@H]1CC[C@H](C)C[C@H]1N. The van der Waals surface area contributed by atoms with E-state index in [4.69, 9.17) is 11.5 Å². The van der Waals surface area contributed by atoms with Gasteiger partial charge in [-0.2, -0.15) is 0 Å². The summed E-state index contributed by atoms with van der Waals surface area (Å²) in [5.41, 5.74) is 12.1. The van der Waals surface area contributed by atoms with Crippen molar-refractivity contribution in [3.63, 3.8) is 0 Å². The van der Waals surface area contributed by atoms with Crippen LogP contribution in [0.2, 0.25) is 0 Å². The summed E-state index contributed by atoms with van der Waals surface area (Å²) >= 11 is 0. The van der Waals surface area contributed by atoms with Gasteiger partial charge in [-0.05, 0) is 61.2 Å². The molecule has 0 unspecified atom stereocenters. The van der Waals surface area contributed by atoms with Crippen LogP contribution in [0.5, 0.6) is 0 Å². The molecule has 0 radical (unpaired) electrons. The van der Waals surface area contributed by atoms with E-state index in [1.54, 1.807) is 0 Å². The van der Waals surface area contributed by atoms with Crippen molar-refractivity contribution in [1.29, 1.82) is 0 Å². The van der Waals surface area contributed by atoms with Crippen LogP contribution in [0.25, 0.3) is 0 Å². The topological polar surface area (TPSA) is 52.0 Å². The Kier molecular flexibility index (Phi) is 8.42. The van der Waals surface area contributed by atoms with Gasteiger partial charge in [0.05, 0.1) is 0 Å². The first kappa shape index (κ1) is 20.0. The lowest BCUT2D eigenvalue weighted by Gasteiger charge is -2.34. The molecule has 6 atom stereocenters. The van der Waals surface area contributed by atoms with E-state index >= 15 is 0 Å². The first-order chi connectivity index (χ1) is 10.2. The maximum atomic E-state index is 6.07. The Morgan fingerprint density at radius 2 is 0.955 bits per heavy atom. The molecule has 132 valence electrons. The summed E-state index contributed by atoms with van der Waals surface area (Å²) in [6.45, 7) is 13.8. The monoisotopic (exact) mass is 310 g/mol. The minimum atomic E-state index is 0.471. The van der Waals surface area contributed by atoms with Crippen molar-refractivity contribution in [2.24, 2.45) is 47.0 Å². The first-order valence-electron chi connectivity index (χ1n) is 9.73. The third kappa shape index (κ3) is 6.20. The number of hydrogen-bond donors (Lipinski definition) is 2. The van der Waals surface area contributed by atoms with Crippen molar-refractivity contribution < 1.29 is 0 Å². The Bertz CT molecular complexity index is 270. The van der Waals surface area contributed by atoms with Gasteiger partial charge in [0.2, 0.25) is 0 Å². The molecule has 0 amide bonds. The lowest BCUT2D eigenvalue weighted by Crippen LogP contribution is -2.38. The predicted molar refractivity (Wildman–Crippen MR) is 98.6 cm³/mol. The van der Waals surface area contributed by atoms with E-state index in [2.05, 4.69) is 41.5 Å². The molecule has 2 saturated carbocycles. The van der Waals surface area contributed by atoms with Gasteiger partial charge in [-0.25, -0.2) is 0 Å². The quantitative estimate of drug-likeness (QED) is 0.769. The molecule has 0 aromatic carbocycles. The van der Waals surface area contributed by atoms with Crippen LogP contribution in [-0.4, -0.2) is 12.1 Å². The Hall–Kier alpha value is -0.0800. The van der Waals surface area contributed by atoms with Crippen LogP contribution in [0.4, 0.5) is 0 Å². The zero-order chi connectivity index (χ0) is 16.9. The van der Waals surface area contributed by atoms with Crippen LogP contribution in [-0.2, 0) is 0 Å². The third-order valence-corrected chi connectivity index (χ3v) is 6.15. The molecule has 2 fully saturated rings. The third-order valence-electron chi connectivity index (χ3n) is 6.15. The van der Waals surface area contributed by atoms with Crippen molar-refractivity contribution in [3.05, 3.63) is 0 Å². The lowest BCUT2D eigenvalue weighted by molar-refractivity contribution is 0.199. The van der Waals surface area contributed by atoms with Crippen LogP contribution < -0.4 is 11.5 Å². The fourth-order valence-corrected chi connectivity index (χ4v) is 4.55. The van der Waals surface area contributed by atoms with Gasteiger partial charge in [0, 0.05) is 12.1 Å². The van der Waals surface area contributed by atoms with E-state index in [1.807, 2.05) is 0 Å². The zero-order valence-electron chi connectivity index (χ0n) is 16.0. The van der Waals surface area contributed by atoms with E-state index in [0.717, 1.165) is 35.5 Å². The molecule has 22 heavy (non-hydrogen) atoms. The summed E-state index contributed by atoms with van der Waals surface area (Å²) in [6, 6.07) is 0.942. The van der Waals surface area contributed by atoms with Crippen molar-refractivity contribution in [2.45, 2.75) is 92.2 Å². The van der Waals surface area contributed by atoms with Crippen LogP contribution in [0, 0.1) is 35.5 Å². The summed E-state index contributed by atoms with van der Waals surface area (Å²) in [4.78, 5) is 0. The van der Waals surface area contributed by atoms with Gasteiger partial charge in [0.25, 0.3) is 0 Å². The molecule has 0 spiro atoms. The second-order valence-electron chi connectivity index (χ2n) is 8.98. The largest absolute Gasteiger partial charge is 0.327 e. The van der Waals surface area contributed by atoms with E-state index < -0.39 is 0 Å². The van der Waals surface area contributed by atoms with Gasteiger partial charge in [-0.15, -0.1) is 0 Å². The minimum absolute atomic E-state index is 0.471. The van der Waals surface area contributed by atoms with Crippen LogP contribution in [0.3, 0.4) is 0 Å². The summed E-state index contributed by atoms with van der Waals surface area (Å²) in [6.07, 6.45) is 7.94. The smallest absolute Gasteiger partial charge is 0.00721 e. The Balaban J connectivity index is 0.000000220. The normalized spacial score (nSPS) is 39.5. The molecule has 2 aliphatic carbocycles. The molecule has 0 aliphatic heterocycles. The second kappa shape index (κ2) is 9.27. The number of rotatable bonds is 2. The highest BCUT2D eigenvalue weighted by Gasteiger charge is 2.28. The summed E-state index contributed by atoms with van der Waals surface area (Å²) in [7, 11) is 0. The molecule has 2 nitrogen and oxygen atoms in total. The Labute approximate surface area is 139 Å². The average Bonchev–Trinajstić information content (AvgIpc) is 2.38. The molecule has 0 saturated heterocycles. The van der Waals surface area contributed by atoms with Crippen molar-refractivity contribution >= 4 is 0 Å². The average molecular weight is 311 g/mol. The fraction of sp³-hybridized carbons (Fsp3) is 1.00. The van der Waals surface area contributed by atoms with E-state index in [0.29, 0.717) is 12.1 Å².